The van der Waals surface area contributed by atoms with E-state index < -0.39 is 28.4 Å². The van der Waals surface area contributed by atoms with Gasteiger partial charge in [0.05, 0.1) is 42.6 Å². The van der Waals surface area contributed by atoms with Gasteiger partial charge < -0.3 is 38.5 Å². The topological polar surface area (TPSA) is 188 Å². The third kappa shape index (κ3) is 37.1. The van der Waals surface area contributed by atoms with E-state index in [1.807, 2.05) is 27.7 Å². The molecule has 0 fully saturated rings. The lowest BCUT2D eigenvalue weighted by Gasteiger charge is -2.31. The van der Waals surface area contributed by atoms with Gasteiger partial charge in [0.2, 0.25) is 5.91 Å². The Labute approximate surface area is 409 Å². The van der Waals surface area contributed by atoms with Gasteiger partial charge in [-0.15, -0.1) is 0 Å². The molecule has 0 aliphatic heterocycles. The molecule has 68 heavy (non-hydrogen) atoms. The average Bonchev–Trinajstić information content (AvgIpc) is 3.29. The number of carbonyl (C=O) groups excluding carboxylic acids is 4. The lowest BCUT2D eigenvalue weighted by atomic mass is 10.0. The second-order valence-corrected chi connectivity index (χ2v) is 19.2. The number of benzene rings is 1. The first kappa shape index (κ1) is 62.2. The normalized spacial score (nSPS) is 12.1. The summed E-state index contributed by atoms with van der Waals surface area (Å²) in [4.78, 5) is 60.1. The number of nitro groups is 1. The first-order chi connectivity index (χ1) is 32.7. The van der Waals surface area contributed by atoms with E-state index in [2.05, 4.69) is 19.2 Å². The summed E-state index contributed by atoms with van der Waals surface area (Å²) in [7, 11) is 0. The molecule has 0 saturated carbocycles. The molecule has 0 spiro atoms. The zero-order valence-corrected chi connectivity index (χ0v) is 43.2. The van der Waals surface area contributed by atoms with E-state index in [1.54, 1.807) is 0 Å². The SMILES string of the molecule is CCCCCCCCCCCCCC(=O)OCC(COC(C)(C)CCOC(C)(C)CCNC(=O)CCOCCOC(=O)Oc1ccc([N+](=O)[O-])cc1)OC(=O)CCCCCCCCCCCCC. The van der Waals surface area contributed by atoms with Crippen molar-refractivity contribution in [3.63, 3.8) is 0 Å². The molecule has 1 N–H and O–H groups in total. The van der Waals surface area contributed by atoms with Crippen LogP contribution in [0.4, 0.5) is 10.5 Å². The van der Waals surface area contributed by atoms with Crippen molar-refractivity contribution in [3.8, 4) is 5.75 Å². The molecule has 15 nitrogen and oxygen atoms in total. The van der Waals surface area contributed by atoms with E-state index >= 15 is 0 Å². The Morgan fingerprint density at radius 2 is 1.07 bits per heavy atom. The smallest absolute Gasteiger partial charge is 0.462 e. The highest BCUT2D eigenvalue weighted by Gasteiger charge is 2.26. The van der Waals surface area contributed by atoms with Crippen LogP contribution >= 0.6 is 0 Å². The molecule has 1 atom stereocenters. The van der Waals surface area contributed by atoms with Crippen LogP contribution in [0.15, 0.2) is 24.3 Å². The number of rotatable bonds is 45. The van der Waals surface area contributed by atoms with Crippen molar-refractivity contribution in [3.05, 3.63) is 34.4 Å². The molecule has 1 aromatic carbocycles. The van der Waals surface area contributed by atoms with Crippen LogP contribution in [-0.4, -0.2) is 92.4 Å². The Morgan fingerprint density at radius 3 is 1.60 bits per heavy atom. The molecule has 1 amide bonds. The molecule has 0 saturated heterocycles. The highest BCUT2D eigenvalue weighted by atomic mass is 16.7. The van der Waals surface area contributed by atoms with Crippen molar-refractivity contribution in [2.24, 2.45) is 0 Å². The number of non-ortho nitro benzene ring substituents is 1. The zero-order chi connectivity index (χ0) is 50.1. The third-order valence-corrected chi connectivity index (χ3v) is 11.8. The van der Waals surface area contributed by atoms with Gasteiger partial charge in [-0.3, -0.25) is 24.5 Å². The van der Waals surface area contributed by atoms with Gasteiger partial charge in [-0.2, -0.15) is 0 Å². The molecular weight excluding hydrogens is 873 g/mol. The summed E-state index contributed by atoms with van der Waals surface area (Å²) in [6.07, 6.45) is 26.6. The summed E-state index contributed by atoms with van der Waals surface area (Å²) >= 11 is 0. The van der Waals surface area contributed by atoms with E-state index in [4.69, 9.17) is 33.2 Å². The number of nitro benzene ring substituents is 1. The Morgan fingerprint density at radius 1 is 0.574 bits per heavy atom. The molecule has 0 bridgehead atoms. The maximum absolute atomic E-state index is 13.0. The van der Waals surface area contributed by atoms with Gasteiger partial charge in [0.25, 0.3) is 5.69 Å². The van der Waals surface area contributed by atoms with Crippen LogP contribution in [0.1, 0.15) is 215 Å². The van der Waals surface area contributed by atoms with Gasteiger partial charge in [0, 0.05) is 37.9 Å². The van der Waals surface area contributed by atoms with Crippen molar-refractivity contribution < 1.29 is 57.3 Å². The number of carbonyl (C=O) groups is 4. The summed E-state index contributed by atoms with van der Waals surface area (Å²) in [6, 6.07) is 5.01. The molecule has 0 radical (unpaired) electrons. The van der Waals surface area contributed by atoms with Crippen molar-refractivity contribution in [1.29, 1.82) is 0 Å². The van der Waals surface area contributed by atoms with Gasteiger partial charge in [0.1, 0.15) is 19.0 Å². The van der Waals surface area contributed by atoms with E-state index in [-0.39, 0.29) is 68.7 Å². The summed E-state index contributed by atoms with van der Waals surface area (Å²) in [6.45, 7) is 13.2. The lowest BCUT2D eigenvalue weighted by Crippen LogP contribution is -2.37. The summed E-state index contributed by atoms with van der Waals surface area (Å²) in [5.74, 6) is -0.663. The predicted octanol–water partition coefficient (Wildman–Crippen LogP) is 12.9. The number of nitrogens with one attached hydrogen (secondary N) is 1. The average molecular weight is 965 g/mol. The van der Waals surface area contributed by atoms with Crippen LogP contribution in [0.3, 0.4) is 0 Å². The van der Waals surface area contributed by atoms with Crippen LogP contribution in [0.2, 0.25) is 0 Å². The lowest BCUT2D eigenvalue weighted by molar-refractivity contribution is -0.384. The van der Waals surface area contributed by atoms with E-state index in [0.717, 1.165) is 38.5 Å². The number of hydrogen-bond acceptors (Lipinski definition) is 13. The van der Waals surface area contributed by atoms with Crippen LogP contribution < -0.4 is 10.1 Å². The minimum absolute atomic E-state index is 0.0447. The van der Waals surface area contributed by atoms with E-state index in [0.29, 0.717) is 38.8 Å². The van der Waals surface area contributed by atoms with Gasteiger partial charge in [0.15, 0.2) is 6.10 Å². The number of unbranched alkanes of at least 4 members (excludes halogenated alkanes) is 20. The maximum Gasteiger partial charge on any atom is 0.513 e. The van der Waals surface area contributed by atoms with Crippen molar-refractivity contribution >= 4 is 29.7 Å². The van der Waals surface area contributed by atoms with Gasteiger partial charge in [-0.05, 0) is 65.5 Å². The van der Waals surface area contributed by atoms with Crippen molar-refractivity contribution in [2.45, 2.75) is 232 Å². The fourth-order valence-electron chi connectivity index (χ4n) is 7.33. The van der Waals surface area contributed by atoms with E-state index in [1.165, 1.54) is 127 Å². The molecule has 392 valence electrons. The minimum Gasteiger partial charge on any atom is -0.462 e. The standard InChI is InChI=1S/C53H92N2O13/c1-7-9-11-13-15-17-19-21-23-25-27-29-49(57)64-43-47(67-50(58)30-28-26-24-22-20-18-16-14-12-10-8-2)44-66-53(5,6)37-40-65-52(3,4)36-38-54-48(56)35-39-62-41-42-63-51(59)68-46-33-31-45(32-34-46)55(60)61/h31-34,47H,7-30,35-44H2,1-6H3,(H,54,56). The number of ether oxygens (including phenoxy) is 7. The van der Waals surface area contributed by atoms with Gasteiger partial charge >= 0.3 is 18.1 Å². The van der Waals surface area contributed by atoms with Crippen LogP contribution in [0, 0.1) is 10.1 Å². The molecule has 0 aliphatic carbocycles. The largest absolute Gasteiger partial charge is 0.513 e. The molecule has 15 heteroatoms. The molecule has 1 rings (SSSR count). The quantitative estimate of drug-likeness (QED) is 0.0162. The second-order valence-electron chi connectivity index (χ2n) is 19.2. The Balaban J connectivity index is 2.41. The highest BCUT2D eigenvalue weighted by molar-refractivity contribution is 5.75. The summed E-state index contributed by atoms with van der Waals surface area (Å²) in [5, 5.41) is 13.6. The molecule has 0 aromatic heterocycles. The highest BCUT2D eigenvalue weighted by Crippen LogP contribution is 2.22. The molecule has 1 aromatic rings. The van der Waals surface area contributed by atoms with Crippen LogP contribution in [-0.2, 0) is 42.8 Å². The first-order valence-electron chi connectivity index (χ1n) is 26.2. The third-order valence-electron chi connectivity index (χ3n) is 11.8. The van der Waals surface area contributed by atoms with Gasteiger partial charge in [-0.1, -0.05) is 142 Å². The summed E-state index contributed by atoms with van der Waals surface area (Å²) < 4.78 is 39.2. The first-order valence-corrected chi connectivity index (χ1v) is 26.2. The number of amides is 1. The van der Waals surface area contributed by atoms with Gasteiger partial charge in [-0.25, -0.2) is 4.79 Å². The Bertz CT molecular complexity index is 1470. The summed E-state index contributed by atoms with van der Waals surface area (Å²) in [5.41, 5.74) is -1.28. The fraction of sp³-hybridized carbons (Fsp3) is 0.811. The van der Waals surface area contributed by atoms with Crippen molar-refractivity contribution in [1.82, 2.24) is 5.32 Å². The number of nitrogens with zero attached hydrogens (tertiary/aromatic N) is 1. The molecule has 0 heterocycles. The van der Waals surface area contributed by atoms with E-state index in [9.17, 15) is 29.3 Å². The Kier molecular flexibility index (Phi) is 36.6. The second kappa shape index (κ2) is 40.0. The maximum atomic E-state index is 13.0. The zero-order valence-electron chi connectivity index (χ0n) is 43.2. The minimum atomic E-state index is -0.975. The fourth-order valence-corrected chi connectivity index (χ4v) is 7.33. The predicted molar refractivity (Wildman–Crippen MR) is 266 cm³/mol. The number of hydrogen-bond donors (Lipinski definition) is 1. The molecule has 0 aliphatic rings. The van der Waals surface area contributed by atoms with Crippen LogP contribution in [0.25, 0.3) is 0 Å². The monoisotopic (exact) mass is 965 g/mol. The molecule has 1 unspecified atom stereocenters. The Hall–Kier alpha value is -3.82. The van der Waals surface area contributed by atoms with Crippen molar-refractivity contribution in [2.75, 3.05) is 46.2 Å². The van der Waals surface area contributed by atoms with Crippen LogP contribution in [0.5, 0.6) is 5.75 Å². The number of esters is 2. The molecular formula is C53H92N2O13.